The van der Waals surface area contributed by atoms with E-state index in [4.69, 9.17) is 21.1 Å². The van der Waals surface area contributed by atoms with E-state index in [0.29, 0.717) is 33.5 Å². The molecule has 1 aromatic heterocycles. The number of rotatable bonds is 7. The van der Waals surface area contributed by atoms with Crippen LogP contribution < -0.4 is 15.2 Å². The van der Waals surface area contributed by atoms with E-state index in [1.807, 2.05) is 18.2 Å². The zero-order valence-corrected chi connectivity index (χ0v) is 18.8. The molecular formula is C26H21ClN2O4. The molecule has 0 atom stereocenters. The second-order valence-corrected chi connectivity index (χ2v) is 7.65. The monoisotopic (exact) mass is 460 g/mol. The summed E-state index contributed by atoms with van der Waals surface area (Å²) in [6, 6.07) is 19.5. The summed E-state index contributed by atoms with van der Waals surface area (Å²) in [4.78, 5) is 28.2. The Balaban J connectivity index is 1.61. The largest absolute Gasteiger partial charge is 0.493 e. The van der Waals surface area contributed by atoms with E-state index >= 15 is 0 Å². The molecule has 1 heterocycles. The molecule has 0 fully saturated rings. The zero-order valence-electron chi connectivity index (χ0n) is 18.0. The van der Waals surface area contributed by atoms with Crippen molar-refractivity contribution in [2.45, 2.75) is 0 Å². The average molecular weight is 461 g/mol. The fourth-order valence-electron chi connectivity index (χ4n) is 3.39. The molecule has 1 N–H and O–H groups in total. The third kappa shape index (κ3) is 4.91. The summed E-state index contributed by atoms with van der Waals surface area (Å²) in [5.41, 5.74) is 2.97. The van der Waals surface area contributed by atoms with Gasteiger partial charge < -0.3 is 14.5 Å². The molecule has 3 aromatic carbocycles. The molecule has 0 saturated heterocycles. The van der Waals surface area contributed by atoms with Crippen LogP contribution in [-0.2, 0) is 0 Å². The van der Waals surface area contributed by atoms with E-state index in [1.54, 1.807) is 75.0 Å². The Hall–Kier alpha value is -4.03. The molecule has 0 saturated carbocycles. The number of halogens is 1. The maximum atomic E-state index is 12.7. The van der Waals surface area contributed by atoms with Gasteiger partial charge in [-0.1, -0.05) is 41.9 Å². The highest BCUT2D eigenvalue weighted by Crippen LogP contribution is 2.31. The van der Waals surface area contributed by atoms with Gasteiger partial charge in [-0.3, -0.25) is 9.36 Å². The summed E-state index contributed by atoms with van der Waals surface area (Å²) >= 11 is 5.89. The van der Waals surface area contributed by atoms with Crippen molar-refractivity contribution in [1.29, 1.82) is 0 Å². The highest BCUT2D eigenvalue weighted by Gasteiger charge is 2.12. The van der Waals surface area contributed by atoms with Crippen molar-refractivity contribution in [3.05, 3.63) is 106 Å². The molecule has 0 spiro atoms. The highest BCUT2D eigenvalue weighted by atomic mass is 35.5. The molecule has 0 unspecified atom stereocenters. The third-order valence-corrected chi connectivity index (χ3v) is 5.37. The number of hydrogen-bond donors (Lipinski definition) is 1. The van der Waals surface area contributed by atoms with Crippen LogP contribution in [0.15, 0.2) is 83.8 Å². The quantitative estimate of drug-likeness (QED) is 0.296. The smallest absolute Gasteiger partial charge is 0.330 e. The fraction of sp³-hybridized carbons (Fsp3) is 0.0769. The molecular weight excluding hydrogens is 440 g/mol. The number of H-pyrrole nitrogens is 1. The minimum atomic E-state index is -0.318. The summed E-state index contributed by atoms with van der Waals surface area (Å²) < 4.78 is 12.1. The van der Waals surface area contributed by atoms with Crippen molar-refractivity contribution >= 4 is 23.5 Å². The van der Waals surface area contributed by atoms with Crippen LogP contribution in [-0.4, -0.2) is 29.6 Å². The van der Waals surface area contributed by atoms with Gasteiger partial charge in [0.2, 0.25) is 0 Å². The standard InChI is InChI=1S/C26H21ClN2O4/c1-32-24-13-9-18(15-25(24)33-2)22-16-29(26(31)28-22)21-5-3-4-19(14-21)23(30)12-8-17-6-10-20(27)11-7-17/h3-16H,1-2H3,(H,28,31)/b12-8+. The summed E-state index contributed by atoms with van der Waals surface area (Å²) in [7, 11) is 3.12. The lowest BCUT2D eigenvalue weighted by Crippen LogP contribution is -2.14. The van der Waals surface area contributed by atoms with Crippen molar-refractivity contribution in [1.82, 2.24) is 9.55 Å². The molecule has 6 nitrogen and oxygen atoms in total. The van der Waals surface area contributed by atoms with Crippen LogP contribution in [0.3, 0.4) is 0 Å². The van der Waals surface area contributed by atoms with Crippen molar-refractivity contribution in [3.8, 4) is 28.4 Å². The van der Waals surface area contributed by atoms with E-state index in [1.165, 1.54) is 10.6 Å². The number of aromatic nitrogens is 2. The number of aromatic amines is 1. The number of ether oxygens (including phenoxy) is 2. The predicted octanol–water partition coefficient (Wildman–Crippen LogP) is 5.40. The van der Waals surface area contributed by atoms with Crippen LogP contribution in [0.1, 0.15) is 15.9 Å². The normalized spacial score (nSPS) is 11.0. The topological polar surface area (TPSA) is 73.3 Å². The Morgan fingerprint density at radius 2 is 1.73 bits per heavy atom. The van der Waals surface area contributed by atoms with Gasteiger partial charge >= 0.3 is 5.69 Å². The minimum Gasteiger partial charge on any atom is -0.493 e. The summed E-state index contributed by atoms with van der Waals surface area (Å²) in [6.45, 7) is 0. The molecule has 0 radical (unpaired) electrons. The molecule has 0 aliphatic carbocycles. The van der Waals surface area contributed by atoms with Gasteiger partial charge in [0, 0.05) is 22.3 Å². The van der Waals surface area contributed by atoms with Crippen LogP contribution in [0.5, 0.6) is 11.5 Å². The van der Waals surface area contributed by atoms with Gasteiger partial charge in [0.1, 0.15) is 0 Å². The van der Waals surface area contributed by atoms with E-state index in [0.717, 1.165) is 11.1 Å². The van der Waals surface area contributed by atoms with Gasteiger partial charge in [-0.25, -0.2) is 4.79 Å². The number of ketones is 1. The second-order valence-electron chi connectivity index (χ2n) is 7.21. The average Bonchev–Trinajstić information content (AvgIpc) is 3.24. The Morgan fingerprint density at radius 1 is 0.970 bits per heavy atom. The van der Waals surface area contributed by atoms with Gasteiger partial charge in [0.05, 0.1) is 25.6 Å². The number of hydrogen-bond acceptors (Lipinski definition) is 4. The van der Waals surface area contributed by atoms with E-state index in [2.05, 4.69) is 4.98 Å². The lowest BCUT2D eigenvalue weighted by Gasteiger charge is -2.08. The van der Waals surface area contributed by atoms with Gasteiger partial charge in [0.15, 0.2) is 17.3 Å². The minimum absolute atomic E-state index is 0.171. The molecule has 0 aliphatic rings. The van der Waals surface area contributed by atoms with Crippen molar-refractivity contribution in [2.75, 3.05) is 14.2 Å². The lowest BCUT2D eigenvalue weighted by atomic mass is 10.1. The van der Waals surface area contributed by atoms with Crippen molar-refractivity contribution in [3.63, 3.8) is 0 Å². The molecule has 7 heteroatoms. The number of allylic oxidation sites excluding steroid dienone is 1. The summed E-state index contributed by atoms with van der Waals surface area (Å²) in [5, 5.41) is 0.635. The number of imidazole rings is 1. The maximum Gasteiger partial charge on any atom is 0.330 e. The number of nitrogens with one attached hydrogen (secondary N) is 1. The maximum absolute atomic E-state index is 12.7. The van der Waals surface area contributed by atoms with Crippen LogP contribution in [0.25, 0.3) is 23.0 Å². The van der Waals surface area contributed by atoms with Gasteiger partial charge in [-0.2, -0.15) is 0 Å². The Labute approximate surface area is 195 Å². The molecule has 4 aromatic rings. The molecule has 166 valence electrons. The highest BCUT2D eigenvalue weighted by molar-refractivity contribution is 6.30. The van der Waals surface area contributed by atoms with Gasteiger partial charge in [-0.05, 0) is 54.1 Å². The van der Waals surface area contributed by atoms with Gasteiger partial charge in [0.25, 0.3) is 0 Å². The number of carbonyl (C=O) groups excluding carboxylic acids is 1. The SMILES string of the molecule is COc1ccc(-c2cn(-c3cccc(C(=O)/C=C/c4ccc(Cl)cc4)c3)c(=O)[nH]2)cc1OC. The number of carbonyl (C=O) groups is 1. The van der Waals surface area contributed by atoms with E-state index in [-0.39, 0.29) is 11.5 Å². The first-order valence-electron chi connectivity index (χ1n) is 10.1. The third-order valence-electron chi connectivity index (χ3n) is 5.12. The molecule has 0 amide bonds. The van der Waals surface area contributed by atoms with Crippen molar-refractivity contribution in [2.24, 2.45) is 0 Å². The number of benzene rings is 3. The molecule has 33 heavy (non-hydrogen) atoms. The molecule has 0 aliphatic heterocycles. The van der Waals surface area contributed by atoms with Crippen molar-refractivity contribution < 1.29 is 14.3 Å². The Morgan fingerprint density at radius 3 is 2.45 bits per heavy atom. The Kier molecular flexibility index (Phi) is 6.47. The second kappa shape index (κ2) is 9.63. The van der Waals surface area contributed by atoms with E-state index < -0.39 is 0 Å². The van der Waals surface area contributed by atoms with Crippen LogP contribution in [0.2, 0.25) is 5.02 Å². The first-order chi connectivity index (χ1) is 16.0. The summed E-state index contributed by atoms with van der Waals surface area (Å²) in [6.07, 6.45) is 4.91. The van der Waals surface area contributed by atoms with Gasteiger partial charge in [-0.15, -0.1) is 0 Å². The lowest BCUT2D eigenvalue weighted by molar-refractivity contribution is 0.104. The predicted molar refractivity (Wildman–Crippen MR) is 130 cm³/mol. The Bertz CT molecular complexity index is 1380. The summed E-state index contributed by atoms with van der Waals surface area (Å²) in [5.74, 6) is 0.986. The van der Waals surface area contributed by atoms with Crippen LogP contribution in [0.4, 0.5) is 0 Å². The number of nitrogens with zero attached hydrogens (tertiary/aromatic N) is 1. The van der Waals surface area contributed by atoms with E-state index in [9.17, 15) is 9.59 Å². The number of methoxy groups -OCH3 is 2. The zero-order chi connectivity index (χ0) is 23.4. The molecule has 0 bridgehead atoms. The first kappa shape index (κ1) is 22.2. The van der Waals surface area contributed by atoms with Crippen LogP contribution in [0, 0.1) is 0 Å². The fourth-order valence-corrected chi connectivity index (χ4v) is 3.51. The van der Waals surface area contributed by atoms with Crippen LogP contribution >= 0.6 is 11.6 Å². The molecule has 4 rings (SSSR count). The first-order valence-corrected chi connectivity index (χ1v) is 10.5.